The third kappa shape index (κ3) is 4.07. The Morgan fingerprint density at radius 2 is 1.81 bits per heavy atom. The number of nitrogens with one attached hydrogen (secondary N) is 1. The van der Waals surface area contributed by atoms with Crippen LogP contribution in [0.3, 0.4) is 0 Å². The van der Waals surface area contributed by atoms with Gasteiger partial charge in [0.15, 0.2) is 0 Å². The van der Waals surface area contributed by atoms with E-state index in [4.69, 9.17) is 0 Å². The predicted molar refractivity (Wildman–Crippen MR) is 110 cm³/mol. The summed E-state index contributed by atoms with van der Waals surface area (Å²) in [7, 11) is 0. The minimum atomic E-state index is -0.119. The molecule has 0 heterocycles. The van der Waals surface area contributed by atoms with Gasteiger partial charge in [0.1, 0.15) is 0 Å². The van der Waals surface area contributed by atoms with Gasteiger partial charge < -0.3 is 0 Å². The molecule has 2 fully saturated rings. The molecule has 5 atom stereocenters. The molecule has 2 bridgehead atoms. The molecule has 0 aromatic carbocycles. The topological polar surface area (TPSA) is 46.2 Å². The normalized spacial score (nSPS) is 31.8. The molecule has 0 aromatic heterocycles. The van der Waals surface area contributed by atoms with Gasteiger partial charge in [0.2, 0.25) is 0 Å². The summed E-state index contributed by atoms with van der Waals surface area (Å²) in [6.45, 7) is 12.9. The van der Waals surface area contributed by atoms with Gasteiger partial charge in [0.25, 0.3) is 0 Å². The number of rotatable bonds is 10. The Balaban J connectivity index is 2.18. The van der Waals surface area contributed by atoms with Gasteiger partial charge in [0.05, 0.1) is 0 Å². The van der Waals surface area contributed by atoms with Gasteiger partial charge in [-0.15, -0.1) is 0 Å². The summed E-state index contributed by atoms with van der Waals surface area (Å²) < 4.78 is 0. The summed E-state index contributed by atoms with van der Waals surface area (Å²) in [5.74, 6) is 1.17. The van der Waals surface area contributed by atoms with Crippen LogP contribution in [-0.2, 0) is 9.59 Å². The van der Waals surface area contributed by atoms with Gasteiger partial charge in [-0.2, -0.15) is 0 Å². The van der Waals surface area contributed by atoms with E-state index in [2.05, 4.69) is 39.9 Å². The molecule has 4 heteroatoms. The molecule has 2 rings (SSSR count). The summed E-state index contributed by atoms with van der Waals surface area (Å²) in [4.78, 5) is 25.9. The van der Waals surface area contributed by atoms with Gasteiger partial charge in [-0.25, -0.2) is 0 Å². The summed E-state index contributed by atoms with van der Waals surface area (Å²) in [6.07, 6.45) is 9.16. The van der Waals surface area contributed by atoms with Crippen molar-refractivity contribution in [1.82, 2.24) is 5.32 Å². The van der Waals surface area contributed by atoms with Crippen LogP contribution >= 0.6 is 0 Å². The molecular formula is C22H39NO2Se. The molecular weight excluding hydrogens is 389 g/mol. The molecule has 0 saturated heterocycles. The van der Waals surface area contributed by atoms with E-state index >= 15 is 0 Å². The van der Waals surface area contributed by atoms with Crippen molar-refractivity contribution < 1.29 is 9.59 Å². The molecule has 2 saturated carbocycles. The van der Waals surface area contributed by atoms with E-state index in [-0.39, 0.29) is 42.6 Å². The molecule has 1 amide bonds. The van der Waals surface area contributed by atoms with Crippen LogP contribution in [0.5, 0.6) is 0 Å². The Kier molecular flexibility index (Phi) is 7.41. The summed E-state index contributed by atoms with van der Waals surface area (Å²) >= 11 is 0.271. The molecule has 2 aliphatic carbocycles. The Bertz CT molecular complexity index is 518. The molecule has 26 heavy (non-hydrogen) atoms. The van der Waals surface area contributed by atoms with Crippen LogP contribution in [0, 0.1) is 16.7 Å². The number of unbranched alkanes of at least 4 members (excludes halogenated alkanes) is 2. The van der Waals surface area contributed by atoms with Crippen molar-refractivity contribution in [3.05, 3.63) is 0 Å². The Hall–Kier alpha value is -0.341. The van der Waals surface area contributed by atoms with Gasteiger partial charge in [-0.1, -0.05) is 0 Å². The number of hydrogen-bond acceptors (Lipinski definition) is 2. The number of amides is 1. The van der Waals surface area contributed by atoms with Crippen LogP contribution in [0.1, 0.15) is 92.9 Å². The fourth-order valence-electron chi connectivity index (χ4n) is 5.15. The molecule has 3 nitrogen and oxygen atoms in total. The molecule has 0 aromatic rings. The second-order valence-corrected chi connectivity index (χ2v) is 12.2. The van der Waals surface area contributed by atoms with Crippen LogP contribution in [0.4, 0.5) is 0 Å². The van der Waals surface area contributed by atoms with Crippen LogP contribution in [0.2, 0.25) is 9.63 Å². The average Bonchev–Trinajstić information content (AvgIpc) is 2.88. The van der Waals surface area contributed by atoms with Crippen molar-refractivity contribution >= 4 is 26.6 Å². The van der Waals surface area contributed by atoms with Crippen LogP contribution in [0.25, 0.3) is 0 Å². The Morgan fingerprint density at radius 1 is 1.19 bits per heavy atom. The second-order valence-electron chi connectivity index (χ2n) is 9.25. The maximum atomic E-state index is 13.3. The van der Waals surface area contributed by atoms with Crippen molar-refractivity contribution in [2.45, 2.75) is 109 Å². The molecule has 0 aliphatic heterocycles. The molecule has 2 aliphatic rings. The van der Waals surface area contributed by atoms with Gasteiger partial charge in [0, 0.05) is 0 Å². The fourth-order valence-corrected chi connectivity index (χ4v) is 9.61. The van der Waals surface area contributed by atoms with E-state index < -0.39 is 0 Å². The summed E-state index contributed by atoms with van der Waals surface area (Å²) in [5, 5.41) is 3.25. The zero-order valence-electron chi connectivity index (χ0n) is 17.7. The van der Waals surface area contributed by atoms with Crippen LogP contribution in [-0.4, -0.2) is 32.7 Å². The number of Topliss-reactive ketones (excluding diaryl/α,β-unsaturated/α-hetero) is 1. The van der Waals surface area contributed by atoms with Crippen molar-refractivity contribution in [2.75, 3.05) is 0 Å². The van der Waals surface area contributed by atoms with Crippen LogP contribution < -0.4 is 5.32 Å². The van der Waals surface area contributed by atoms with Crippen molar-refractivity contribution in [3.8, 4) is 0 Å². The zero-order chi connectivity index (χ0) is 19.5. The first-order chi connectivity index (χ1) is 12.2. The summed E-state index contributed by atoms with van der Waals surface area (Å²) in [5.41, 5.74) is 0.0189. The van der Waals surface area contributed by atoms with E-state index in [1.807, 2.05) is 0 Å². The minimum absolute atomic E-state index is 0.0787. The molecule has 0 radical (unpaired) electrons. The second kappa shape index (κ2) is 8.78. The van der Waals surface area contributed by atoms with Gasteiger partial charge >= 0.3 is 167 Å². The number of carbonyl (C=O) groups is 2. The zero-order valence-corrected chi connectivity index (χ0v) is 19.4. The van der Waals surface area contributed by atoms with E-state index in [1.54, 1.807) is 6.92 Å². The van der Waals surface area contributed by atoms with Gasteiger partial charge in [-0.05, 0) is 0 Å². The number of fused-ring (bicyclic) bond motifs is 2. The quantitative estimate of drug-likeness (QED) is 0.488. The number of hydrogen-bond donors (Lipinski definition) is 1. The first-order valence-corrected chi connectivity index (χ1v) is 12.6. The van der Waals surface area contributed by atoms with E-state index in [0.29, 0.717) is 16.5 Å². The standard InChI is InChI=1S/C22H39NO2Se/c1-7-9-11-17(23-15(3)24)18(12-10-8-2)26-19-16-13-14-22(6,20(19)25)21(16,4)5/h16-19H,7-14H2,1-6H3,(H,23,24)/t16-,17-,18+,19+,22+/m1/s1. The van der Waals surface area contributed by atoms with E-state index in [9.17, 15) is 9.59 Å². The SMILES string of the molecule is CCCC[C@H]([Se][C@@H]1C(=O)[C@]2(C)CC[C@H]1C2(C)C)[C@@H](CCCC)NC(C)=O. The fraction of sp³-hybridized carbons (Fsp3) is 0.909. The van der Waals surface area contributed by atoms with E-state index in [1.165, 1.54) is 19.3 Å². The number of ketones is 1. The first-order valence-electron chi connectivity index (χ1n) is 10.7. The van der Waals surface area contributed by atoms with Gasteiger partial charge in [-0.3, -0.25) is 0 Å². The summed E-state index contributed by atoms with van der Waals surface area (Å²) in [6, 6.07) is 0.252. The third-order valence-electron chi connectivity index (χ3n) is 7.34. The van der Waals surface area contributed by atoms with E-state index in [0.717, 1.165) is 32.1 Å². The predicted octanol–water partition coefficient (Wildman–Crippen LogP) is 5.18. The Labute approximate surface area is 167 Å². The molecule has 0 unspecified atom stereocenters. The third-order valence-corrected chi connectivity index (χ3v) is 11.0. The molecule has 0 spiro atoms. The first kappa shape index (κ1) is 22.0. The average molecular weight is 429 g/mol. The number of carbonyl (C=O) groups excluding carboxylic acids is 2. The molecule has 1 N–H and O–H groups in total. The van der Waals surface area contributed by atoms with Crippen molar-refractivity contribution in [3.63, 3.8) is 0 Å². The van der Waals surface area contributed by atoms with Crippen LogP contribution in [0.15, 0.2) is 0 Å². The van der Waals surface area contributed by atoms with Crippen molar-refractivity contribution in [1.29, 1.82) is 0 Å². The van der Waals surface area contributed by atoms with Crippen molar-refractivity contribution in [2.24, 2.45) is 16.7 Å². The molecule has 150 valence electrons. The monoisotopic (exact) mass is 429 g/mol. The maximum absolute atomic E-state index is 13.3. The Morgan fingerprint density at radius 3 is 2.31 bits per heavy atom.